The molecule has 106 valence electrons. The van der Waals surface area contributed by atoms with Gasteiger partial charge >= 0.3 is 6.03 Å². The van der Waals surface area contributed by atoms with Crippen molar-refractivity contribution in [2.45, 2.75) is 13.0 Å². The van der Waals surface area contributed by atoms with Crippen molar-refractivity contribution in [2.24, 2.45) is 5.92 Å². The van der Waals surface area contributed by atoms with E-state index < -0.39 is 9.84 Å². The number of rotatable bonds is 4. The lowest BCUT2D eigenvalue weighted by molar-refractivity contribution is 0.201. The maximum atomic E-state index is 11.8. The molecule has 1 N–H and O–H groups in total. The number of hydrogen-bond acceptors (Lipinski definition) is 4. The van der Waals surface area contributed by atoms with Crippen LogP contribution in [0.25, 0.3) is 0 Å². The molecule has 2 heterocycles. The highest BCUT2D eigenvalue weighted by molar-refractivity contribution is 7.91. The van der Waals surface area contributed by atoms with Crippen molar-refractivity contribution < 1.29 is 17.6 Å². The summed E-state index contributed by atoms with van der Waals surface area (Å²) in [6.45, 7) is 0.794. The van der Waals surface area contributed by atoms with Crippen LogP contribution in [0.3, 0.4) is 0 Å². The molecule has 6 nitrogen and oxygen atoms in total. The molecule has 1 atom stereocenters. The average molecular weight is 286 g/mol. The fourth-order valence-electron chi connectivity index (χ4n) is 2.11. The number of hydrogen-bond donors (Lipinski definition) is 1. The maximum absolute atomic E-state index is 11.8. The first-order chi connectivity index (χ1) is 8.96. The van der Waals surface area contributed by atoms with Crippen LogP contribution in [0.2, 0.25) is 0 Å². The van der Waals surface area contributed by atoms with E-state index in [0.29, 0.717) is 25.3 Å². The Morgan fingerprint density at radius 3 is 2.95 bits per heavy atom. The van der Waals surface area contributed by atoms with E-state index >= 15 is 0 Å². The third-order valence-corrected chi connectivity index (χ3v) is 5.03. The van der Waals surface area contributed by atoms with Crippen molar-refractivity contribution in [3.63, 3.8) is 0 Å². The average Bonchev–Trinajstić information content (AvgIpc) is 2.95. The van der Waals surface area contributed by atoms with E-state index in [9.17, 15) is 13.2 Å². The summed E-state index contributed by atoms with van der Waals surface area (Å²) in [6, 6.07) is 3.35. The molecule has 0 bridgehead atoms. The number of carbonyl (C=O) groups is 1. The first-order valence-electron chi connectivity index (χ1n) is 6.18. The van der Waals surface area contributed by atoms with E-state index in [4.69, 9.17) is 4.42 Å². The Labute approximate surface area is 112 Å². The topological polar surface area (TPSA) is 79.6 Å². The molecule has 1 unspecified atom stereocenters. The summed E-state index contributed by atoms with van der Waals surface area (Å²) in [7, 11) is -1.21. The molecule has 1 aliphatic heterocycles. The van der Waals surface area contributed by atoms with Crippen molar-refractivity contribution in [2.75, 3.05) is 25.1 Å². The number of sulfone groups is 1. The Hall–Kier alpha value is -1.50. The molecule has 0 aliphatic carbocycles. The summed E-state index contributed by atoms with van der Waals surface area (Å²) in [5.74, 6) is 1.15. The van der Waals surface area contributed by atoms with Gasteiger partial charge in [-0.2, -0.15) is 0 Å². The lowest BCUT2D eigenvalue weighted by atomic mass is 10.1. The van der Waals surface area contributed by atoms with Gasteiger partial charge in [-0.25, -0.2) is 13.2 Å². The van der Waals surface area contributed by atoms with Crippen LogP contribution >= 0.6 is 0 Å². The molecule has 19 heavy (non-hydrogen) atoms. The monoisotopic (exact) mass is 286 g/mol. The Morgan fingerprint density at radius 2 is 2.37 bits per heavy atom. The van der Waals surface area contributed by atoms with Gasteiger partial charge in [0.05, 0.1) is 24.3 Å². The second-order valence-electron chi connectivity index (χ2n) is 4.89. The van der Waals surface area contributed by atoms with Crippen LogP contribution in [-0.4, -0.2) is 44.4 Å². The van der Waals surface area contributed by atoms with E-state index in [-0.39, 0.29) is 23.5 Å². The lowest BCUT2D eigenvalue weighted by Crippen LogP contribution is -2.39. The molecule has 7 heteroatoms. The fraction of sp³-hybridized carbons (Fsp3) is 0.583. The lowest BCUT2D eigenvalue weighted by Gasteiger charge is -2.18. The van der Waals surface area contributed by atoms with Crippen LogP contribution in [0.1, 0.15) is 12.2 Å². The molecule has 0 aromatic carbocycles. The van der Waals surface area contributed by atoms with Crippen molar-refractivity contribution in [3.05, 3.63) is 24.2 Å². The minimum absolute atomic E-state index is 0.0333. The molecule has 1 aromatic rings. The van der Waals surface area contributed by atoms with Gasteiger partial charge in [0.2, 0.25) is 0 Å². The van der Waals surface area contributed by atoms with E-state index in [1.807, 2.05) is 0 Å². The first-order valence-corrected chi connectivity index (χ1v) is 8.00. The van der Waals surface area contributed by atoms with E-state index in [0.717, 1.165) is 0 Å². The first kappa shape index (κ1) is 13.9. The highest BCUT2D eigenvalue weighted by Gasteiger charge is 2.28. The molecule has 0 spiro atoms. The van der Waals surface area contributed by atoms with Crippen LogP contribution in [-0.2, 0) is 16.4 Å². The van der Waals surface area contributed by atoms with Crippen LogP contribution in [0.4, 0.5) is 4.79 Å². The summed E-state index contributed by atoms with van der Waals surface area (Å²) in [6.07, 6.45) is 2.19. The molecular weight excluding hydrogens is 268 g/mol. The van der Waals surface area contributed by atoms with Gasteiger partial charge in [-0.3, -0.25) is 0 Å². The molecule has 1 saturated heterocycles. The molecule has 2 amide bonds. The number of furan rings is 1. The third-order valence-electron chi connectivity index (χ3n) is 3.19. The fourth-order valence-corrected chi connectivity index (χ4v) is 3.97. The Kier molecular flexibility index (Phi) is 4.14. The van der Waals surface area contributed by atoms with Crippen LogP contribution in [0.5, 0.6) is 0 Å². The molecule has 2 rings (SSSR count). The molecule has 1 aromatic heterocycles. The van der Waals surface area contributed by atoms with Gasteiger partial charge in [-0.05, 0) is 24.5 Å². The normalized spacial score (nSPS) is 21.2. The van der Waals surface area contributed by atoms with E-state index in [2.05, 4.69) is 5.32 Å². The van der Waals surface area contributed by atoms with Gasteiger partial charge in [0.1, 0.15) is 5.76 Å². The summed E-state index contributed by atoms with van der Waals surface area (Å²) >= 11 is 0. The van der Waals surface area contributed by atoms with Gasteiger partial charge in [-0.15, -0.1) is 0 Å². The number of nitrogens with zero attached hydrogens (tertiary/aromatic N) is 1. The van der Waals surface area contributed by atoms with Gasteiger partial charge < -0.3 is 14.6 Å². The predicted octanol–water partition coefficient (Wildman–Crippen LogP) is 0.856. The number of amides is 2. The zero-order valence-corrected chi connectivity index (χ0v) is 11.6. The van der Waals surface area contributed by atoms with Crippen molar-refractivity contribution >= 4 is 15.9 Å². The zero-order valence-electron chi connectivity index (χ0n) is 10.8. The molecular formula is C12H18N2O4S. The Morgan fingerprint density at radius 1 is 1.58 bits per heavy atom. The van der Waals surface area contributed by atoms with Crippen molar-refractivity contribution in [1.29, 1.82) is 0 Å². The molecule has 1 aliphatic rings. The van der Waals surface area contributed by atoms with Crippen molar-refractivity contribution in [3.8, 4) is 0 Å². The van der Waals surface area contributed by atoms with Gasteiger partial charge in [0.25, 0.3) is 0 Å². The summed E-state index contributed by atoms with van der Waals surface area (Å²) in [5.41, 5.74) is 0. The summed E-state index contributed by atoms with van der Waals surface area (Å²) in [4.78, 5) is 13.3. The summed E-state index contributed by atoms with van der Waals surface area (Å²) < 4.78 is 27.7. The van der Waals surface area contributed by atoms with Gasteiger partial charge in [-0.1, -0.05) is 0 Å². The number of carbonyl (C=O) groups excluding carboxylic acids is 1. The quantitative estimate of drug-likeness (QED) is 0.890. The molecule has 0 saturated carbocycles. The van der Waals surface area contributed by atoms with E-state index in [1.54, 1.807) is 25.4 Å². The van der Waals surface area contributed by atoms with Gasteiger partial charge in [0, 0.05) is 13.6 Å². The predicted molar refractivity (Wildman–Crippen MR) is 70.3 cm³/mol. The molecule has 1 fully saturated rings. The standard InChI is InChI=1S/C12H18N2O4S/c1-14(8-11-3-2-5-18-11)12(15)13-7-10-4-6-19(16,17)9-10/h2-3,5,10H,4,6-9H2,1H3,(H,13,15). The Balaban J connectivity index is 1.75. The van der Waals surface area contributed by atoms with Crippen molar-refractivity contribution in [1.82, 2.24) is 10.2 Å². The maximum Gasteiger partial charge on any atom is 0.317 e. The van der Waals surface area contributed by atoms with Crippen LogP contribution < -0.4 is 5.32 Å². The van der Waals surface area contributed by atoms with Crippen LogP contribution in [0.15, 0.2) is 22.8 Å². The highest BCUT2D eigenvalue weighted by atomic mass is 32.2. The van der Waals surface area contributed by atoms with Gasteiger partial charge in [0.15, 0.2) is 9.84 Å². The number of nitrogens with one attached hydrogen (secondary N) is 1. The smallest absolute Gasteiger partial charge is 0.317 e. The second kappa shape index (κ2) is 5.64. The summed E-state index contributed by atoms with van der Waals surface area (Å²) in [5, 5.41) is 2.76. The number of urea groups is 1. The minimum Gasteiger partial charge on any atom is -0.467 e. The Bertz CT molecular complexity index is 524. The second-order valence-corrected chi connectivity index (χ2v) is 7.12. The largest absolute Gasteiger partial charge is 0.467 e. The zero-order chi connectivity index (χ0) is 13.9. The van der Waals surface area contributed by atoms with Crippen LogP contribution in [0, 0.1) is 5.92 Å². The minimum atomic E-state index is -2.88. The third kappa shape index (κ3) is 3.99. The molecule has 0 radical (unpaired) electrons. The SMILES string of the molecule is CN(Cc1ccco1)C(=O)NCC1CCS(=O)(=O)C1. The highest BCUT2D eigenvalue weighted by Crippen LogP contribution is 2.17. The van der Waals surface area contributed by atoms with E-state index in [1.165, 1.54) is 4.90 Å².